The second-order valence-electron chi connectivity index (χ2n) is 6.38. The van der Waals surface area contributed by atoms with Crippen molar-refractivity contribution in [2.24, 2.45) is 0 Å². The van der Waals surface area contributed by atoms with Crippen molar-refractivity contribution >= 4 is 23.8 Å². The van der Waals surface area contributed by atoms with Crippen molar-refractivity contribution in [3.05, 3.63) is 81.8 Å². The minimum atomic E-state index is -5.95. The number of hydrogen-bond acceptors (Lipinski definition) is 2. The first-order chi connectivity index (χ1) is 14.7. The van der Waals surface area contributed by atoms with Crippen molar-refractivity contribution in [1.82, 2.24) is 0 Å². The number of halogens is 9. The highest BCUT2D eigenvalue weighted by Crippen LogP contribution is 2.35. The Morgan fingerprint density at radius 2 is 1.47 bits per heavy atom. The molecule has 13 heteroatoms. The molecule has 0 radical (unpaired) electrons. The number of benzene rings is 2. The minimum absolute atomic E-state index is 0.338. The average Bonchev–Trinajstić information content (AvgIpc) is 3.20. The Morgan fingerprint density at radius 1 is 0.906 bits per heavy atom. The summed E-state index contributed by atoms with van der Waals surface area (Å²) in [4.78, 5) is 0. The number of nitriles is 1. The van der Waals surface area contributed by atoms with Crippen molar-refractivity contribution < 1.29 is 43.9 Å². The molecule has 0 unspecified atom stereocenters. The van der Waals surface area contributed by atoms with Gasteiger partial charge in [0.1, 0.15) is 0 Å². The molecule has 0 fully saturated rings. The molecule has 32 heavy (non-hydrogen) atoms. The molecule has 0 aliphatic heterocycles. The van der Waals surface area contributed by atoms with Gasteiger partial charge in [0.05, 0.1) is 28.1 Å². The summed E-state index contributed by atoms with van der Waals surface area (Å²) in [5.74, 6) is 0. The zero-order chi connectivity index (χ0) is 24.2. The van der Waals surface area contributed by atoms with Crippen molar-refractivity contribution in [3.8, 4) is 6.07 Å². The molecule has 0 aliphatic carbocycles. The van der Waals surface area contributed by atoms with Gasteiger partial charge in [0.25, 0.3) is 0 Å². The molecule has 0 amide bonds. The highest BCUT2D eigenvalue weighted by atomic mass is 32.1. The molecule has 2 nitrogen and oxygen atoms in total. The summed E-state index contributed by atoms with van der Waals surface area (Å²) in [6, 6.07) is 8.86. The number of alkyl halides is 6. The standard InChI is InChI=1S/C11H9N2S.C8H3BF9/c12-7-10-3-1-2-4-11(10)8-13-5-6-14-9-13;10-7(11,12)4-1-5(8(13,14)15)3-6(2-4)9(16,17)18/h1-6,9H,8H2;1-3H/q+1;-1. The van der Waals surface area contributed by atoms with E-state index in [1.807, 2.05) is 41.4 Å². The van der Waals surface area contributed by atoms with Gasteiger partial charge in [-0.25, -0.2) is 0 Å². The van der Waals surface area contributed by atoms with Gasteiger partial charge in [0.2, 0.25) is 5.51 Å². The predicted octanol–water partition coefficient (Wildman–Crippen LogP) is 5.73. The Kier molecular flexibility index (Phi) is 7.61. The first-order valence-corrected chi connectivity index (χ1v) is 9.54. The van der Waals surface area contributed by atoms with E-state index in [0.717, 1.165) is 17.7 Å². The van der Waals surface area contributed by atoms with Crippen LogP contribution >= 0.6 is 11.3 Å². The molecule has 0 saturated carbocycles. The minimum Gasteiger partial charge on any atom is -0.445 e. The van der Waals surface area contributed by atoms with Gasteiger partial charge in [-0.15, -0.1) is 5.46 Å². The summed E-state index contributed by atoms with van der Waals surface area (Å²) in [6.45, 7) is -5.18. The molecule has 170 valence electrons. The van der Waals surface area contributed by atoms with Gasteiger partial charge in [0.15, 0.2) is 12.7 Å². The molecular weight excluding hydrogens is 470 g/mol. The predicted molar refractivity (Wildman–Crippen MR) is 99.9 cm³/mol. The normalized spacial score (nSPS) is 12.0. The van der Waals surface area contributed by atoms with Crippen LogP contribution in [-0.4, -0.2) is 6.98 Å². The Labute approximate surface area is 180 Å². The lowest BCUT2D eigenvalue weighted by molar-refractivity contribution is -0.683. The van der Waals surface area contributed by atoms with E-state index in [2.05, 4.69) is 10.6 Å². The van der Waals surface area contributed by atoms with Crippen LogP contribution in [0, 0.1) is 11.3 Å². The van der Waals surface area contributed by atoms with Gasteiger partial charge in [0, 0.05) is 5.56 Å². The number of nitrogens with zero attached hydrogens (tertiary/aromatic N) is 2. The van der Waals surface area contributed by atoms with Crippen LogP contribution in [0.25, 0.3) is 0 Å². The van der Waals surface area contributed by atoms with Crippen LogP contribution < -0.4 is 10.0 Å². The molecule has 3 aromatic rings. The Hall–Kier alpha value is -3.01. The third-order valence-electron chi connectivity index (χ3n) is 4.01. The number of rotatable bonds is 3. The molecular formula is C19H12BF9N2S. The van der Waals surface area contributed by atoms with Gasteiger partial charge in [-0.1, -0.05) is 41.7 Å². The first-order valence-electron chi connectivity index (χ1n) is 8.60. The Morgan fingerprint density at radius 3 is 1.91 bits per heavy atom. The quantitative estimate of drug-likeness (QED) is 0.266. The number of aromatic nitrogens is 1. The molecule has 0 saturated heterocycles. The average molecular weight is 482 g/mol. The SMILES string of the molecule is F[B-](F)(F)c1cc(C(F)(F)F)cc(C(F)(F)F)c1.N#Cc1ccccc1C[n+]1ccsc1. The second-order valence-corrected chi connectivity index (χ2v) is 7.14. The van der Waals surface area contributed by atoms with Gasteiger partial charge in [-0.2, -0.15) is 36.2 Å². The third-order valence-corrected chi connectivity index (χ3v) is 4.68. The van der Waals surface area contributed by atoms with E-state index < -0.39 is 35.9 Å². The summed E-state index contributed by atoms with van der Waals surface area (Å²) in [5, 5.41) is 10.9. The monoisotopic (exact) mass is 482 g/mol. The lowest BCUT2D eigenvalue weighted by Gasteiger charge is -2.19. The van der Waals surface area contributed by atoms with Gasteiger partial charge in [-0.05, 0) is 12.1 Å². The Balaban J connectivity index is 0.000000233. The van der Waals surface area contributed by atoms with Crippen LogP contribution in [0.15, 0.2) is 59.6 Å². The van der Waals surface area contributed by atoms with E-state index in [9.17, 15) is 39.3 Å². The summed E-state index contributed by atoms with van der Waals surface area (Å²) >= 11 is 1.65. The van der Waals surface area contributed by atoms with E-state index >= 15 is 0 Å². The van der Waals surface area contributed by atoms with Crippen LogP contribution in [0.1, 0.15) is 22.3 Å². The summed E-state index contributed by atoms with van der Waals surface area (Å²) in [5.41, 5.74) is -2.03. The zero-order valence-corrected chi connectivity index (χ0v) is 16.6. The summed E-state index contributed by atoms with van der Waals surface area (Å²) in [6.07, 6.45) is -8.55. The fourth-order valence-corrected chi connectivity index (χ4v) is 3.08. The van der Waals surface area contributed by atoms with Crippen LogP contribution in [0.5, 0.6) is 0 Å². The number of thiazole rings is 1. The van der Waals surface area contributed by atoms with Crippen molar-refractivity contribution in [2.75, 3.05) is 0 Å². The summed E-state index contributed by atoms with van der Waals surface area (Å²) in [7, 11) is 0. The molecule has 3 rings (SSSR count). The van der Waals surface area contributed by atoms with Crippen LogP contribution in [0.2, 0.25) is 0 Å². The van der Waals surface area contributed by atoms with E-state index in [1.54, 1.807) is 11.3 Å². The maximum absolute atomic E-state index is 12.3. The molecule has 0 aliphatic rings. The fourth-order valence-electron chi connectivity index (χ4n) is 2.48. The number of hydrogen-bond donors (Lipinski definition) is 0. The van der Waals surface area contributed by atoms with Crippen molar-refractivity contribution in [2.45, 2.75) is 18.9 Å². The lowest BCUT2D eigenvalue weighted by atomic mass is 9.78. The highest BCUT2D eigenvalue weighted by molar-refractivity contribution is 7.07. The highest BCUT2D eigenvalue weighted by Gasteiger charge is 2.39. The maximum Gasteiger partial charge on any atom is 0.509 e. The van der Waals surface area contributed by atoms with Gasteiger partial charge >= 0.3 is 19.3 Å². The van der Waals surface area contributed by atoms with E-state index in [4.69, 9.17) is 5.26 Å². The maximum atomic E-state index is 12.3. The summed E-state index contributed by atoms with van der Waals surface area (Å²) < 4.78 is 112. The first kappa shape index (κ1) is 25.3. The van der Waals surface area contributed by atoms with Crippen LogP contribution in [-0.2, 0) is 18.9 Å². The van der Waals surface area contributed by atoms with E-state index in [0.29, 0.717) is 0 Å². The van der Waals surface area contributed by atoms with Crippen LogP contribution in [0.4, 0.5) is 39.3 Å². The zero-order valence-electron chi connectivity index (χ0n) is 15.8. The molecule has 2 aromatic carbocycles. The third kappa shape index (κ3) is 7.01. The fraction of sp³-hybridized carbons (Fsp3) is 0.158. The molecule has 1 aromatic heterocycles. The second kappa shape index (κ2) is 9.64. The molecule has 0 spiro atoms. The lowest BCUT2D eigenvalue weighted by Crippen LogP contribution is -2.36. The topological polar surface area (TPSA) is 27.7 Å². The van der Waals surface area contributed by atoms with E-state index in [1.165, 1.54) is 0 Å². The van der Waals surface area contributed by atoms with E-state index in [-0.39, 0.29) is 18.2 Å². The Bertz CT molecular complexity index is 1000. The molecule has 1 heterocycles. The van der Waals surface area contributed by atoms with Crippen LogP contribution in [0.3, 0.4) is 0 Å². The molecule has 0 atom stereocenters. The smallest absolute Gasteiger partial charge is 0.445 e. The van der Waals surface area contributed by atoms with Crippen molar-refractivity contribution in [3.63, 3.8) is 0 Å². The van der Waals surface area contributed by atoms with Gasteiger partial charge < -0.3 is 12.9 Å². The van der Waals surface area contributed by atoms with Crippen molar-refractivity contribution in [1.29, 1.82) is 5.26 Å². The van der Waals surface area contributed by atoms with Gasteiger partial charge in [-0.3, -0.25) is 0 Å². The largest absolute Gasteiger partial charge is 0.509 e. The molecule has 0 bridgehead atoms. The molecule has 0 N–H and O–H groups in total.